The molecule has 2 unspecified atom stereocenters. The van der Waals surface area contributed by atoms with E-state index in [2.05, 4.69) is 10.4 Å². The molecule has 1 rings (SSSR count). The molecule has 0 aliphatic carbocycles. The SMILES string of the molecule is CC(Cn1cccn1)NC(=O)N(C)CC(C)C(=O)O. The van der Waals surface area contributed by atoms with Crippen LogP contribution in [0.2, 0.25) is 0 Å². The van der Waals surface area contributed by atoms with Crippen molar-refractivity contribution in [2.75, 3.05) is 13.6 Å². The lowest BCUT2D eigenvalue weighted by molar-refractivity contribution is -0.141. The van der Waals surface area contributed by atoms with Crippen molar-refractivity contribution in [3.8, 4) is 0 Å². The molecular formula is C12H20N4O3. The normalized spacial score (nSPS) is 13.6. The van der Waals surface area contributed by atoms with E-state index in [0.717, 1.165) is 0 Å². The fourth-order valence-electron chi connectivity index (χ4n) is 1.63. The van der Waals surface area contributed by atoms with Crippen molar-refractivity contribution in [2.45, 2.75) is 26.4 Å². The van der Waals surface area contributed by atoms with Gasteiger partial charge in [-0.25, -0.2) is 4.79 Å². The molecule has 7 nitrogen and oxygen atoms in total. The van der Waals surface area contributed by atoms with Gasteiger partial charge in [0.05, 0.1) is 12.5 Å². The second-order valence-corrected chi connectivity index (χ2v) is 4.70. The number of aliphatic carboxylic acids is 1. The van der Waals surface area contributed by atoms with Gasteiger partial charge in [0.25, 0.3) is 0 Å². The van der Waals surface area contributed by atoms with E-state index in [1.807, 2.05) is 19.2 Å². The van der Waals surface area contributed by atoms with E-state index in [4.69, 9.17) is 5.11 Å². The first-order valence-corrected chi connectivity index (χ1v) is 6.12. The van der Waals surface area contributed by atoms with Gasteiger partial charge in [-0.2, -0.15) is 5.10 Å². The van der Waals surface area contributed by atoms with Crippen molar-refractivity contribution in [1.29, 1.82) is 0 Å². The average molecular weight is 268 g/mol. The molecule has 106 valence electrons. The highest BCUT2D eigenvalue weighted by molar-refractivity contribution is 5.75. The Labute approximate surface area is 112 Å². The smallest absolute Gasteiger partial charge is 0.317 e. The Balaban J connectivity index is 2.38. The molecule has 1 heterocycles. The van der Waals surface area contributed by atoms with Gasteiger partial charge < -0.3 is 15.3 Å². The van der Waals surface area contributed by atoms with Crippen LogP contribution in [-0.2, 0) is 11.3 Å². The Bertz CT molecular complexity index is 419. The number of carbonyl (C=O) groups is 2. The first-order chi connectivity index (χ1) is 8.90. The Hall–Kier alpha value is -2.05. The molecule has 0 saturated carbocycles. The van der Waals surface area contributed by atoms with E-state index in [1.54, 1.807) is 24.9 Å². The van der Waals surface area contributed by atoms with E-state index >= 15 is 0 Å². The number of nitrogens with zero attached hydrogens (tertiary/aromatic N) is 3. The van der Waals surface area contributed by atoms with Gasteiger partial charge in [0.2, 0.25) is 0 Å². The minimum absolute atomic E-state index is 0.0880. The minimum Gasteiger partial charge on any atom is -0.481 e. The van der Waals surface area contributed by atoms with Gasteiger partial charge in [-0.15, -0.1) is 0 Å². The standard InChI is InChI=1S/C12H20N4O3/c1-9(11(17)18)7-15(3)12(19)14-10(2)8-16-6-4-5-13-16/h4-6,9-10H,7-8H2,1-3H3,(H,14,19)(H,17,18). The number of carbonyl (C=O) groups excluding carboxylic acids is 1. The van der Waals surface area contributed by atoms with Crippen LogP contribution in [0.15, 0.2) is 18.5 Å². The highest BCUT2D eigenvalue weighted by Gasteiger charge is 2.18. The molecule has 0 aromatic carbocycles. The number of carboxylic acid groups (broad SMARTS) is 1. The van der Waals surface area contributed by atoms with Crippen LogP contribution in [0.3, 0.4) is 0 Å². The van der Waals surface area contributed by atoms with Crippen LogP contribution >= 0.6 is 0 Å². The number of aromatic nitrogens is 2. The van der Waals surface area contributed by atoms with Crippen LogP contribution in [0.25, 0.3) is 0 Å². The summed E-state index contributed by atoms with van der Waals surface area (Å²) in [4.78, 5) is 23.9. The van der Waals surface area contributed by atoms with Crippen LogP contribution in [0.1, 0.15) is 13.8 Å². The van der Waals surface area contributed by atoms with Gasteiger partial charge >= 0.3 is 12.0 Å². The van der Waals surface area contributed by atoms with Gasteiger partial charge in [-0.3, -0.25) is 9.48 Å². The zero-order chi connectivity index (χ0) is 14.4. The number of carboxylic acids is 1. The number of nitrogens with one attached hydrogen (secondary N) is 1. The van der Waals surface area contributed by atoms with E-state index in [0.29, 0.717) is 6.54 Å². The topological polar surface area (TPSA) is 87.5 Å². The molecule has 0 aliphatic heterocycles. The number of hydrogen-bond donors (Lipinski definition) is 2. The highest BCUT2D eigenvalue weighted by Crippen LogP contribution is 1.99. The quantitative estimate of drug-likeness (QED) is 0.792. The number of amides is 2. The molecule has 2 atom stereocenters. The zero-order valence-corrected chi connectivity index (χ0v) is 11.4. The summed E-state index contributed by atoms with van der Waals surface area (Å²) in [6.07, 6.45) is 3.49. The van der Waals surface area contributed by atoms with E-state index in [1.165, 1.54) is 4.90 Å². The first-order valence-electron chi connectivity index (χ1n) is 6.12. The van der Waals surface area contributed by atoms with Crippen molar-refractivity contribution in [1.82, 2.24) is 20.0 Å². The third-order valence-electron chi connectivity index (χ3n) is 2.71. The highest BCUT2D eigenvalue weighted by atomic mass is 16.4. The number of hydrogen-bond acceptors (Lipinski definition) is 3. The Morgan fingerprint density at radius 1 is 1.47 bits per heavy atom. The molecular weight excluding hydrogens is 248 g/mol. The Morgan fingerprint density at radius 2 is 2.16 bits per heavy atom. The van der Waals surface area contributed by atoms with Gasteiger partial charge in [0, 0.05) is 32.0 Å². The summed E-state index contributed by atoms with van der Waals surface area (Å²) in [5, 5.41) is 15.6. The third kappa shape index (κ3) is 4.99. The Kier molecular flexibility index (Phi) is 5.35. The van der Waals surface area contributed by atoms with Gasteiger partial charge in [0.15, 0.2) is 0 Å². The molecule has 0 saturated heterocycles. The van der Waals surface area contributed by atoms with Crippen molar-refractivity contribution < 1.29 is 14.7 Å². The monoisotopic (exact) mass is 268 g/mol. The van der Waals surface area contributed by atoms with Crippen LogP contribution < -0.4 is 5.32 Å². The summed E-state index contributed by atoms with van der Waals surface area (Å²) >= 11 is 0. The van der Waals surface area contributed by atoms with Gasteiger partial charge in [0.1, 0.15) is 0 Å². The number of urea groups is 1. The maximum absolute atomic E-state index is 11.8. The first kappa shape index (κ1) is 15.0. The largest absolute Gasteiger partial charge is 0.481 e. The van der Waals surface area contributed by atoms with E-state index in [-0.39, 0.29) is 18.6 Å². The average Bonchev–Trinajstić information content (AvgIpc) is 2.80. The molecule has 2 amide bonds. The molecule has 0 radical (unpaired) electrons. The second-order valence-electron chi connectivity index (χ2n) is 4.70. The van der Waals surface area contributed by atoms with E-state index in [9.17, 15) is 9.59 Å². The van der Waals surface area contributed by atoms with Crippen molar-refractivity contribution in [2.24, 2.45) is 5.92 Å². The lowest BCUT2D eigenvalue weighted by Gasteiger charge is -2.22. The minimum atomic E-state index is -0.913. The molecule has 0 spiro atoms. The molecule has 0 bridgehead atoms. The predicted octanol–water partition coefficient (Wildman–Crippen LogP) is 0.634. The molecule has 7 heteroatoms. The van der Waals surface area contributed by atoms with E-state index < -0.39 is 11.9 Å². The molecule has 0 aliphatic rings. The maximum Gasteiger partial charge on any atom is 0.317 e. The van der Waals surface area contributed by atoms with Crippen molar-refractivity contribution in [3.05, 3.63) is 18.5 Å². The van der Waals surface area contributed by atoms with Crippen LogP contribution in [-0.4, -0.2) is 51.4 Å². The molecule has 19 heavy (non-hydrogen) atoms. The lowest BCUT2D eigenvalue weighted by Crippen LogP contribution is -2.45. The summed E-state index contributed by atoms with van der Waals surface area (Å²) < 4.78 is 1.73. The summed E-state index contributed by atoms with van der Waals surface area (Å²) in [6, 6.07) is 1.44. The van der Waals surface area contributed by atoms with Crippen LogP contribution in [0.4, 0.5) is 4.79 Å². The zero-order valence-electron chi connectivity index (χ0n) is 11.4. The summed E-state index contributed by atoms with van der Waals surface area (Å²) in [7, 11) is 1.58. The summed E-state index contributed by atoms with van der Waals surface area (Å²) in [6.45, 7) is 4.18. The fourth-order valence-corrected chi connectivity index (χ4v) is 1.63. The maximum atomic E-state index is 11.8. The molecule has 2 N–H and O–H groups in total. The molecule has 0 fully saturated rings. The van der Waals surface area contributed by atoms with Crippen LogP contribution in [0.5, 0.6) is 0 Å². The molecule has 1 aromatic heterocycles. The second kappa shape index (κ2) is 6.77. The summed E-state index contributed by atoms with van der Waals surface area (Å²) in [5.41, 5.74) is 0. The number of rotatable bonds is 6. The fraction of sp³-hybridized carbons (Fsp3) is 0.583. The predicted molar refractivity (Wildman–Crippen MR) is 69.7 cm³/mol. The Morgan fingerprint density at radius 3 is 2.68 bits per heavy atom. The lowest BCUT2D eigenvalue weighted by atomic mass is 10.2. The van der Waals surface area contributed by atoms with Gasteiger partial charge in [-0.05, 0) is 13.0 Å². The summed E-state index contributed by atoms with van der Waals surface area (Å²) in [5.74, 6) is -1.50. The molecule has 1 aromatic rings. The van der Waals surface area contributed by atoms with Crippen LogP contribution in [0, 0.1) is 5.92 Å². The van der Waals surface area contributed by atoms with Gasteiger partial charge in [-0.1, -0.05) is 6.92 Å². The van der Waals surface area contributed by atoms with Crippen molar-refractivity contribution in [3.63, 3.8) is 0 Å². The van der Waals surface area contributed by atoms with Crippen molar-refractivity contribution >= 4 is 12.0 Å². The third-order valence-corrected chi connectivity index (χ3v) is 2.71.